The number of nitrogens with two attached hydrogens (primary N) is 3. The molecule has 0 radical (unpaired) electrons. The van der Waals surface area contributed by atoms with Crippen molar-refractivity contribution in [3.8, 4) is 0 Å². The highest BCUT2D eigenvalue weighted by atomic mass is 32.2. The average Bonchev–Trinajstić information content (AvgIpc) is 1.63. The van der Waals surface area contributed by atoms with E-state index in [1.54, 1.807) is 133 Å². The fourth-order valence-electron chi connectivity index (χ4n) is 11.4. The van der Waals surface area contributed by atoms with Crippen molar-refractivity contribution in [1.82, 2.24) is 73.8 Å². The van der Waals surface area contributed by atoms with Crippen LogP contribution in [0.15, 0.2) is 91.3 Å². The van der Waals surface area contributed by atoms with Gasteiger partial charge in [-0.1, -0.05) is 115 Å². The lowest BCUT2D eigenvalue weighted by Gasteiger charge is -2.29. The second-order valence-electron chi connectivity index (χ2n) is 26.2. The highest BCUT2D eigenvalue weighted by Crippen LogP contribution is 2.22. The van der Waals surface area contributed by atoms with Gasteiger partial charge >= 0.3 is 0 Å². The third kappa shape index (κ3) is 24.4. The Hall–Kier alpha value is -10.4. The molecule has 0 saturated carbocycles. The van der Waals surface area contributed by atoms with Gasteiger partial charge in [-0.25, -0.2) is 0 Å². The van der Waals surface area contributed by atoms with E-state index in [-0.39, 0.29) is 50.8 Å². The number of hydrogen-bond donors (Lipinski definition) is 19. The standard InChI is InChI=1S/C70H97N17O16S/c1-7-38(6)59-70(103)82-51(32-88)61(94)76-31-55(91)77-46(23-15-16-24-71)62(95)81-50(28-54(72)90)63(96)79-48(26-40-29-74-44-21-13-11-19-42(40)44)65(98)85-57(36(2)3)68(101)83-52(33-89)67(100)80-49(27-41-30-75-45-22-14-12-20-43(41)45)66(99)86-58(37(4)5)69(102)84-53(60(73)93)34-104-35-56(92)78-47(64(97)87-59)25-39-17-9-8-10-18-39/h8-14,17-22,29-30,36-38,46-53,57-59,74-75,88-89H,7,15-16,23-28,31-35,71H2,1-6H3,(H2,72,90)(H2,73,93)(H,76,94)(H,77,91)(H,78,92)(H,79,96)(H,80,100)(H,81,95)(H,82,103)(H,83,101)(H,84,102)(H,85,98)(H,86,99)(H,87,97)/t38-,46-,47+,48-,49-,50-,51-,52-,53-,57-,58-,59-/m0/s1. The monoisotopic (exact) mass is 1460 g/mol. The van der Waals surface area contributed by atoms with Crippen LogP contribution >= 0.6 is 11.8 Å². The fourth-order valence-corrected chi connectivity index (χ4v) is 12.3. The summed E-state index contributed by atoms with van der Waals surface area (Å²) in [6.07, 6.45) is 2.46. The Morgan fingerprint density at radius 3 is 1.41 bits per heavy atom. The molecule has 1 aliphatic heterocycles. The molecule has 3 aromatic carbocycles. The molecule has 14 amide bonds. The van der Waals surface area contributed by atoms with Gasteiger partial charge in [-0.15, -0.1) is 11.8 Å². The number of benzene rings is 3. The van der Waals surface area contributed by atoms with Gasteiger partial charge in [-0.2, -0.15) is 0 Å². The third-order valence-electron chi connectivity index (χ3n) is 17.6. The van der Waals surface area contributed by atoms with Crippen molar-refractivity contribution in [3.05, 3.63) is 108 Å². The van der Waals surface area contributed by atoms with Gasteiger partial charge < -0.3 is 101 Å². The SMILES string of the molecule is CC[C@H](C)[C@@H]1NC(=O)[C@@H](Cc2ccccc2)NC(=O)CSC[C@@H](C(N)=O)NC(=O)[C@H](C(C)C)NC(=O)[C@H](Cc2c[nH]c3ccccc23)NC(=O)[C@H](CO)NC(=O)[C@H](C(C)C)NC(=O)[C@H](Cc2c[nH]c3ccccc23)NC(=O)[C@H](CC(N)=O)NC(=O)[C@H](CCCCN)NC(=O)CNC(=O)[C@H](CO)NC1=O. The lowest BCUT2D eigenvalue weighted by molar-refractivity contribution is -0.137. The number of aliphatic hydroxyl groups is 2. The zero-order valence-corrected chi connectivity index (χ0v) is 59.7. The molecular weight excluding hydrogens is 1370 g/mol. The van der Waals surface area contributed by atoms with Crippen LogP contribution in [-0.2, 0) is 86.4 Å². The maximum atomic E-state index is 14.8. The normalized spacial score (nSPS) is 24.1. The Morgan fingerprint density at radius 1 is 0.481 bits per heavy atom. The molecule has 1 fully saturated rings. The molecule has 0 unspecified atom stereocenters. The van der Waals surface area contributed by atoms with Crippen LogP contribution in [-0.4, -0.2) is 207 Å². The molecular formula is C70H97N17O16S. The number of rotatable bonds is 19. The largest absolute Gasteiger partial charge is 0.394 e. The number of para-hydroxylation sites is 2. The molecule has 5 aromatic rings. The van der Waals surface area contributed by atoms with Gasteiger partial charge in [0.05, 0.1) is 31.9 Å². The summed E-state index contributed by atoms with van der Waals surface area (Å²) >= 11 is 0.853. The Bertz CT molecular complexity index is 3850. The van der Waals surface area contributed by atoms with E-state index in [0.717, 1.165) is 11.8 Å². The Kier molecular flexibility index (Phi) is 32.1. The molecule has 1 aliphatic rings. The molecule has 12 atom stereocenters. The van der Waals surface area contributed by atoms with Gasteiger partial charge in [0.25, 0.3) is 0 Å². The second-order valence-corrected chi connectivity index (χ2v) is 27.2. The van der Waals surface area contributed by atoms with Gasteiger partial charge in [-0.05, 0) is 72.4 Å². The molecule has 3 heterocycles. The van der Waals surface area contributed by atoms with E-state index >= 15 is 0 Å². The van der Waals surface area contributed by atoms with Crippen LogP contribution in [0, 0.1) is 17.8 Å². The van der Waals surface area contributed by atoms with Crippen LogP contribution in [0.3, 0.4) is 0 Å². The summed E-state index contributed by atoms with van der Waals surface area (Å²) in [7, 11) is 0. The highest BCUT2D eigenvalue weighted by molar-refractivity contribution is 8.00. The van der Waals surface area contributed by atoms with Gasteiger partial charge in [0.1, 0.15) is 66.5 Å². The van der Waals surface area contributed by atoms with Crippen LogP contribution in [0.1, 0.15) is 90.3 Å². The average molecular weight is 1460 g/mol. The molecule has 104 heavy (non-hydrogen) atoms. The summed E-state index contributed by atoms with van der Waals surface area (Å²) in [4.78, 5) is 203. The molecule has 34 heteroatoms. The van der Waals surface area contributed by atoms with Crippen LogP contribution < -0.4 is 81.0 Å². The predicted molar refractivity (Wildman–Crippen MR) is 385 cm³/mol. The lowest BCUT2D eigenvalue weighted by atomic mass is 9.96. The van der Waals surface area contributed by atoms with Crippen molar-refractivity contribution in [2.45, 2.75) is 159 Å². The van der Waals surface area contributed by atoms with E-state index < -0.39 is 199 Å². The number of hydrogen-bond acceptors (Lipinski definition) is 18. The zero-order valence-electron chi connectivity index (χ0n) is 58.9. The van der Waals surface area contributed by atoms with E-state index in [2.05, 4.69) is 73.8 Å². The van der Waals surface area contributed by atoms with Crippen molar-refractivity contribution < 1.29 is 77.3 Å². The van der Waals surface area contributed by atoms with Gasteiger partial charge in [0, 0.05) is 59.2 Å². The Labute approximate surface area is 604 Å². The number of amides is 14. The smallest absolute Gasteiger partial charge is 0.245 e. The van der Waals surface area contributed by atoms with E-state index in [0.29, 0.717) is 44.9 Å². The third-order valence-corrected chi connectivity index (χ3v) is 18.6. The van der Waals surface area contributed by atoms with Crippen molar-refractivity contribution in [2.24, 2.45) is 35.0 Å². The highest BCUT2D eigenvalue weighted by Gasteiger charge is 2.39. The molecule has 0 bridgehead atoms. The molecule has 1 saturated heterocycles. The maximum absolute atomic E-state index is 14.8. The van der Waals surface area contributed by atoms with Crippen LogP contribution in [0.2, 0.25) is 0 Å². The number of unbranched alkanes of at least 4 members (excludes halogenated alkanes) is 1. The molecule has 22 N–H and O–H groups in total. The van der Waals surface area contributed by atoms with E-state index in [4.69, 9.17) is 17.2 Å². The van der Waals surface area contributed by atoms with Crippen LogP contribution in [0.25, 0.3) is 21.8 Å². The van der Waals surface area contributed by atoms with Gasteiger partial charge in [-0.3, -0.25) is 67.1 Å². The minimum Gasteiger partial charge on any atom is -0.394 e. The lowest BCUT2D eigenvalue weighted by Crippen LogP contribution is -2.62. The van der Waals surface area contributed by atoms with Crippen molar-refractivity contribution in [2.75, 3.05) is 37.8 Å². The quantitative estimate of drug-likeness (QED) is 0.0360. The summed E-state index contributed by atoms with van der Waals surface area (Å²) in [5.41, 5.74) is 20.1. The summed E-state index contributed by atoms with van der Waals surface area (Å²) < 4.78 is 0. The van der Waals surface area contributed by atoms with E-state index in [1.165, 1.54) is 0 Å². The number of fused-ring (bicyclic) bond motifs is 2. The van der Waals surface area contributed by atoms with Crippen LogP contribution in [0.5, 0.6) is 0 Å². The van der Waals surface area contributed by atoms with Gasteiger partial charge in [0.2, 0.25) is 82.7 Å². The number of aromatic nitrogens is 2. The predicted octanol–water partition coefficient (Wildman–Crippen LogP) is -3.29. The molecule has 0 spiro atoms. The number of carbonyl (C=O) groups excluding carboxylic acids is 14. The van der Waals surface area contributed by atoms with E-state index in [9.17, 15) is 77.3 Å². The number of aliphatic hydroxyl groups excluding tert-OH is 2. The second kappa shape index (κ2) is 40.4. The van der Waals surface area contributed by atoms with Crippen molar-refractivity contribution in [3.63, 3.8) is 0 Å². The molecule has 6 rings (SSSR count). The first-order chi connectivity index (χ1) is 49.5. The molecule has 33 nitrogen and oxygen atoms in total. The summed E-state index contributed by atoms with van der Waals surface area (Å²) in [6, 6.07) is 5.39. The zero-order chi connectivity index (χ0) is 76.3. The topological polar surface area (TPSA) is 533 Å². The van der Waals surface area contributed by atoms with Crippen molar-refractivity contribution >= 4 is 116 Å². The van der Waals surface area contributed by atoms with Crippen molar-refractivity contribution in [1.29, 1.82) is 0 Å². The summed E-state index contributed by atoms with van der Waals surface area (Å²) in [5, 5.41) is 53.0. The number of nitrogens with one attached hydrogen (secondary N) is 14. The molecule has 0 aliphatic carbocycles. The first-order valence-electron chi connectivity index (χ1n) is 34.4. The van der Waals surface area contributed by atoms with E-state index in [1.807, 2.05) is 0 Å². The van der Waals surface area contributed by atoms with Gasteiger partial charge in [0.15, 0.2) is 0 Å². The fraction of sp³-hybridized carbons (Fsp3) is 0.486. The minimum absolute atomic E-state index is 0.0974. The molecule has 2 aromatic heterocycles. The number of H-pyrrole nitrogens is 2. The number of aromatic amines is 2. The Balaban J connectivity index is 1.37. The molecule has 564 valence electrons. The van der Waals surface area contributed by atoms with Crippen LogP contribution in [0.4, 0.5) is 0 Å². The minimum atomic E-state index is -1.83. The maximum Gasteiger partial charge on any atom is 0.245 e. The summed E-state index contributed by atoms with van der Waals surface area (Å²) in [5.74, 6) is -16.6. The number of thioether (sulfide) groups is 1. The Morgan fingerprint density at radius 2 is 0.913 bits per heavy atom. The number of primary amides is 2. The first kappa shape index (κ1) is 82.5. The first-order valence-corrected chi connectivity index (χ1v) is 35.5. The summed E-state index contributed by atoms with van der Waals surface area (Å²) in [6.45, 7) is 6.87. The number of carbonyl (C=O) groups is 14.